The summed E-state index contributed by atoms with van der Waals surface area (Å²) in [4.78, 5) is 0. The second-order valence-electron chi connectivity index (χ2n) is 6.70. The van der Waals surface area contributed by atoms with Crippen molar-refractivity contribution < 1.29 is 4.74 Å². The SMILES string of the molecule is C=c1c2cccc3c4c(cc(c32)n1C(C)CCC)CC(C)O4. The highest BCUT2D eigenvalue weighted by atomic mass is 16.5. The van der Waals surface area contributed by atoms with Crippen LogP contribution in [0.4, 0.5) is 0 Å². The first-order valence-corrected chi connectivity index (χ1v) is 8.35. The molecule has 2 unspecified atom stereocenters. The Morgan fingerprint density at radius 2 is 2.14 bits per heavy atom. The zero-order valence-electron chi connectivity index (χ0n) is 13.6. The van der Waals surface area contributed by atoms with Gasteiger partial charge in [-0.15, -0.1) is 0 Å². The van der Waals surface area contributed by atoms with E-state index in [2.05, 4.69) is 56.2 Å². The molecule has 0 bridgehead atoms. The smallest absolute Gasteiger partial charge is 0.131 e. The molecule has 4 rings (SSSR count). The molecule has 22 heavy (non-hydrogen) atoms. The van der Waals surface area contributed by atoms with Crippen LogP contribution in [-0.4, -0.2) is 10.7 Å². The molecule has 0 radical (unpaired) electrons. The Morgan fingerprint density at radius 1 is 1.36 bits per heavy atom. The molecule has 0 spiro atoms. The van der Waals surface area contributed by atoms with Gasteiger partial charge in [0.25, 0.3) is 0 Å². The summed E-state index contributed by atoms with van der Waals surface area (Å²) in [7, 11) is 0. The van der Waals surface area contributed by atoms with Crippen LogP contribution < -0.4 is 10.1 Å². The molecule has 0 fully saturated rings. The first kappa shape index (κ1) is 13.7. The maximum absolute atomic E-state index is 6.09. The van der Waals surface area contributed by atoms with Gasteiger partial charge in [0.05, 0.1) is 5.52 Å². The summed E-state index contributed by atoms with van der Waals surface area (Å²) in [5, 5.41) is 4.98. The van der Waals surface area contributed by atoms with Gasteiger partial charge in [0.1, 0.15) is 11.9 Å². The molecule has 1 aliphatic rings. The van der Waals surface area contributed by atoms with Crippen LogP contribution in [0, 0.1) is 0 Å². The Labute approximate surface area is 131 Å². The molecule has 3 aromatic rings. The minimum Gasteiger partial charge on any atom is -0.489 e. The van der Waals surface area contributed by atoms with E-state index in [9.17, 15) is 0 Å². The molecule has 0 aliphatic carbocycles. The molecule has 2 heterocycles. The van der Waals surface area contributed by atoms with E-state index in [1.54, 1.807) is 0 Å². The largest absolute Gasteiger partial charge is 0.489 e. The van der Waals surface area contributed by atoms with Crippen molar-refractivity contribution in [3.05, 3.63) is 35.2 Å². The van der Waals surface area contributed by atoms with Crippen molar-refractivity contribution in [2.24, 2.45) is 0 Å². The van der Waals surface area contributed by atoms with Gasteiger partial charge in [0.2, 0.25) is 0 Å². The molecule has 0 amide bonds. The van der Waals surface area contributed by atoms with Crippen molar-refractivity contribution in [1.29, 1.82) is 0 Å². The maximum atomic E-state index is 6.09. The number of fused-ring (bicyclic) bond motifs is 2. The van der Waals surface area contributed by atoms with Crippen molar-refractivity contribution in [3.63, 3.8) is 0 Å². The molecule has 2 aromatic carbocycles. The second kappa shape index (κ2) is 4.77. The summed E-state index contributed by atoms with van der Waals surface area (Å²) in [5.74, 6) is 1.09. The van der Waals surface area contributed by atoms with Crippen molar-refractivity contribution >= 4 is 28.3 Å². The number of benzene rings is 2. The number of rotatable bonds is 3. The highest BCUT2D eigenvalue weighted by molar-refractivity contribution is 6.13. The van der Waals surface area contributed by atoms with Crippen molar-refractivity contribution in [1.82, 2.24) is 4.57 Å². The van der Waals surface area contributed by atoms with Crippen molar-refractivity contribution in [3.8, 4) is 5.75 Å². The lowest BCUT2D eigenvalue weighted by atomic mass is 10.0. The minimum atomic E-state index is 0.279. The van der Waals surface area contributed by atoms with Gasteiger partial charge < -0.3 is 9.30 Å². The fraction of sp³-hybridized carbons (Fsp3) is 0.400. The zero-order chi connectivity index (χ0) is 15.4. The van der Waals surface area contributed by atoms with E-state index in [-0.39, 0.29) is 6.10 Å². The van der Waals surface area contributed by atoms with Gasteiger partial charge in [0, 0.05) is 39.5 Å². The lowest BCUT2D eigenvalue weighted by Gasteiger charge is -2.15. The van der Waals surface area contributed by atoms with E-state index >= 15 is 0 Å². The van der Waals surface area contributed by atoms with Crippen LogP contribution in [0.3, 0.4) is 0 Å². The fourth-order valence-electron chi connectivity index (χ4n) is 4.09. The first-order chi connectivity index (χ1) is 10.6. The van der Waals surface area contributed by atoms with Crippen LogP contribution >= 0.6 is 0 Å². The van der Waals surface area contributed by atoms with E-state index < -0.39 is 0 Å². The third kappa shape index (κ3) is 1.73. The Bertz CT molecular complexity index is 905. The van der Waals surface area contributed by atoms with E-state index in [0.29, 0.717) is 6.04 Å². The van der Waals surface area contributed by atoms with Gasteiger partial charge in [0.15, 0.2) is 0 Å². The summed E-state index contributed by atoms with van der Waals surface area (Å²) < 4.78 is 8.52. The summed E-state index contributed by atoms with van der Waals surface area (Å²) >= 11 is 0. The second-order valence-corrected chi connectivity index (χ2v) is 6.70. The molecular weight excluding hydrogens is 270 g/mol. The Morgan fingerprint density at radius 3 is 2.91 bits per heavy atom. The molecule has 1 aliphatic heterocycles. The molecule has 0 N–H and O–H groups in total. The Kier molecular flexibility index (Phi) is 2.97. The lowest BCUT2D eigenvalue weighted by Crippen LogP contribution is -2.18. The molecule has 1 aromatic heterocycles. The van der Waals surface area contributed by atoms with E-state index in [1.165, 1.54) is 40.1 Å². The maximum Gasteiger partial charge on any atom is 0.131 e. The molecule has 114 valence electrons. The van der Waals surface area contributed by atoms with E-state index in [4.69, 9.17) is 4.74 Å². The first-order valence-electron chi connectivity index (χ1n) is 8.35. The monoisotopic (exact) mass is 293 g/mol. The highest BCUT2D eigenvalue weighted by Crippen LogP contribution is 2.41. The van der Waals surface area contributed by atoms with Gasteiger partial charge in [-0.3, -0.25) is 0 Å². The molecule has 0 saturated carbocycles. The predicted molar refractivity (Wildman–Crippen MR) is 93.6 cm³/mol. The number of ether oxygens (including phenoxy) is 1. The van der Waals surface area contributed by atoms with E-state index in [1.807, 2.05) is 0 Å². The summed E-state index contributed by atoms with van der Waals surface area (Å²) in [6.45, 7) is 11.1. The Balaban J connectivity index is 2.11. The van der Waals surface area contributed by atoms with Crippen LogP contribution in [0.1, 0.15) is 45.2 Å². The third-order valence-corrected chi connectivity index (χ3v) is 5.00. The molecule has 0 saturated heterocycles. The van der Waals surface area contributed by atoms with Gasteiger partial charge in [-0.2, -0.15) is 0 Å². The third-order valence-electron chi connectivity index (χ3n) is 5.00. The normalized spacial score (nSPS) is 18.8. The standard InChI is InChI=1S/C20H23NO/c1-5-7-12(2)21-14(4)16-8-6-9-17-19(16)18(21)11-15-10-13(3)22-20(15)17/h6,8-9,11-13H,4-5,7,10H2,1-3H3. The number of hydrogen-bond donors (Lipinski definition) is 0. The average Bonchev–Trinajstić information content (AvgIpc) is 2.99. The summed E-state index contributed by atoms with van der Waals surface area (Å²) in [5.41, 5.74) is 2.67. The quantitative estimate of drug-likeness (QED) is 0.688. The minimum absolute atomic E-state index is 0.279. The highest BCUT2D eigenvalue weighted by Gasteiger charge is 2.25. The number of nitrogens with zero attached hydrogens (tertiary/aromatic N) is 1. The number of hydrogen-bond acceptors (Lipinski definition) is 1. The van der Waals surface area contributed by atoms with Crippen molar-refractivity contribution in [2.75, 3.05) is 0 Å². The van der Waals surface area contributed by atoms with Crippen LogP contribution in [0.2, 0.25) is 0 Å². The van der Waals surface area contributed by atoms with Gasteiger partial charge in [-0.1, -0.05) is 38.1 Å². The average molecular weight is 293 g/mol. The Hall–Kier alpha value is -1.96. The van der Waals surface area contributed by atoms with Crippen LogP contribution in [0.15, 0.2) is 24.3 Å². The summed E-state index contributed by atoms with van der Waals surface area (Å²) in [6, 6.07) is 9.34. The molecule has 2 nitrogen and oxygen atoms in total. The molecule has 2 heteroatoms. The van der Waals surface area contributed by atoms with Gasteiger partial charge in [-0.05, 0) is 26.3 Å². The molecular formula is C20H23NO. The van der Waals surface area contributed by atoms with Gasteiger partial charge >= 0.3 is 0 Å². The summed E-state index contributed by atoms with van der Waals surface area (Å²) in [6.07, 6.45) is 3.65. The topological polar surface area (TPSA) is 14.2 Å². The van der Waals surface area contributed by atoms with Crippen LogP contribution in [-0.2, 0) is 6.42 Å². The van der Waals surface area contributed by atoms with Crippen LogP contribution in [0.25, 0.3) is 28.3 Å². The van der Waals surface area contributed by atoms with Gasteiger partial charge in [-0.25, -0.2) is 0 Å². The zero-order valence-corrected chi connectivity index (χ0v) is 13.6. The van der Waals surface area contributed by atoms with E-state index in [0.717, 1.165) is 17.5 Å². The fourth-order valence-corrected chi connectivity index (χ4v) is 4.09. The lowest BCUT2D eigenvalue weighted by molar-refractivity contribution is 0.257. The van der Waals surface area contributed by atoms with Crippen LogP contribution in [0.5, 0.6) is 5.75 Å². The predicted octanol–water partition coefficient (Wildman–Crippen LogP) is 4.61. The van der Waals surface area contributed by atoms with Crippen molar-refractivity contribution in [2.45, 2.75) is 52.2 Å². The molecule has 2 atom stereocenters. The number of aromatic nitrogens is 1.